The number of aryl methyl sites for hydroxylation is 1. The van der Waals surface area contributed by atoms with Crippen LogP contribution in [0.5, 0.6) is 0 Å². The number of H-pyrrole nitrogens is 1. The number of fused-ring (bicyclic) bond motifs is 4. The number of pyridine rings is 3. The van der Waals surface area contributed by atoms with Crippen LogP contribution in [-0.4, -0.2) is 49.3 Å². The number of nitrogens with zero attached hydrogens (tertiary/aromatic N) is 4. The molecule has 39 heavy (non-hydrogen) atoms. The number of aromatic carboxylic acids is 1. The van der Waals surface area contributed by atoms with Crippen LogP contribution in [0.1, 0.15) is 31.1 Å². The van der Waals surface area contributed by atoms with Crippen LogP contribution in [0, 0.1) is 11.6 Å². The summed E-state index contributed by atoms with van der Waals surface area (Å²) in [4.78, 5) is 49.7. The average Bonchev–Trinajstić information content (AvgIpc) is 3.25. The summed E-state index contributed by atoms with van der Waals surface area (Å²) in [5, 5.41) is 9.57. The maximum absolute atomic E-state index is 15.2. The van der Waals surface area contributed by atoms with Crippen LogP contribution in [0.2, 0.25) is 0 Å². The molecular weight excluding hydrogens is 512 g/mol. The van der Waals surface area contributed by atoms with Crippen molar-refractivity contribution in [2.75, 3.05) is 11.9 Å². The van der Waals surface area contributed by atoms with Gasteiger partial charge in [0, 0.05) is 60.7 Å². The maximum atomic E-state index is 15.2. The molecule has 0 unspecified atom stereocenters. The van der Waals surface area contributed by atoms with E-state index >= 15 is 4.39 Å². The number of carbonyl (C=O) groups excluding carboxylic acids is 1. The molecule has 1 aromatic carbocycles. The molecule has 0 atom stereocenters. The van der Waals surface area contributed by atoms with E-state index in [1.807, 2.05) is 0 Å². The molecule has 0 radical (unpaired) electrons. The van der Waals surface area contributed by atoms with Crippen LogP contribution in [0.15, 0.2) is 41.6 Å². The first kappa shape index (κ1) is 25.8. The number of amides is 1. The monoisotopic (exact) mass is 535 g/mol. The van der Waals surface area contributed by atoms with Gasteiger partial charge in [0.1, 0.15) is 22.5 Å². The maximum Gasteiger partial charge on any atom is 0.414 e. The number of benzene rings is 1. The summed E-state index contributed by atoms with van der Waals surface area (Å²) in [6.45, 7) is 5.07. The zero-order valence-electron chi connectivity index (χ0n) is 21.6. The highest BCUT2D eigenvalue weighted by molar-refractivity contribution is 6.13. The van der Waals surface area contributed by atoms with Gasteiger partial charge in [-0.1, -0.05) is 0 Å². The Balaban J connectivity index is 1.70. The molecule has 5 rings (SSSR count). The molecule has 0 saturated carbocycles. The van der Waals surface area contributed by atoms with E-state index in [0.717, 1.165) is 11.0 Å². The van der Waals surface area contributed by atoms with Gasteiger partial charge >= 0.3 is 12.1 Å². The number of rotatable bonds is 3. The van der Waals surface area contributed by atoms with E-state index in [4.69, 9.17) is 4.74 Å². The normalized spacial score (nSPS) is 11.9. The largest absolute Gasteiger partial charge is 0.477 e. The number of hydrogen-bond donors (Lipinski definition) is 2. The molecular formula is C27H23F2N5O5. The van der Waals surface area contributed by atoms with Crippen LogP contribution in [0.25, 0.3) is 44.1 Å². The third-order valence-electron chi connectivity index (χ3n) is 6.20. The van der Waals surface area contributed by atoms with Gasteiger partial charge < -0.3 is 19.4 Å². The number of aromatic nitrogens is 4. The molecule has 0 bridgehead atoms. The Morgan fingerprint density at radius 1 is 1.08 bits per heavy atom. The van der Waals surface area contributed by atoms with E-state index in [2.05, 4.69) is 15.0 Å². The molecule has 4 heterocycles. The van der Waals surface area contributed by atoms with E-state index in [9.17, 15) is 23.9 Å². The van der Waals surface area contributed by atoms with Gasteiger partial charge in [-0.15, -0.1) is 0 Å². The van der Waals surface area contributed by atoms with Crippen molar-refractivity contribution in [3.05, 3.63) is 64.2 Å². The minimum atomic E-state index is -1.37. The van der Waals surface area contributed by atoms with Crippen molar-refractivity contribution in [2.45, 2.75) is 26.4 Å². The molecule has 12 heteroatoms. The molecule has 4 aromatic heterocycles. The Hall–Kier alpha value is -4.87. The van der Waals surface area contributed by atoms with Gasteiger partial charge in [0.15, 0.2) is 11.6 Å². The van der Waals surface area contributed by atoms with Gasteiger partial charge in [0.2, 0.25) is 5.43 Å². The Bertz CT molecular complexity index is 1910. The quantitative estimate of drug-likeness (QED) is 0.333. The highest BCUT2D eigenvalue weighted by Gasteiger charge is 2.26. The first-order valence-corrected chi connectivity index (χ1v) is 11.8. The zero-order chi connectivity index (χ0) is 28.4. The van der Waals surface area contributed by atoms with Crippen molar-refractivity contribution in [3.63, 3.8) is 0 Å². The molecule has 0 aliphatic carbocycles. The van der Waals surface area contributed by atoms with E-state index < -0.39 is 40.3 Å². The summed E-state index contributed by atoms with van der Waals surface area (Å²) < 4.78 is 36.8. The van der Waals surface area contributed by atoms with Crippen LogP contribution < -0.4 is 10.3 Å². The lowest BCUT2D eigenvalue weighted by Gasteiger charge is -2.25. The molecule has 1 amide bonds. The molecule has 0 saturated heterocycles. The van der Waals surface area contributed by atoms with Crippen LogP contribution in [-0.2, 0) is 11.8 Å². The summed E-state index contributed by atoms with van der Waals surface area (Å²) in [6.07, 6.45) is 3.37. The number of ether oxygens (including phenoxy) is 1. The Morgan fingerprint density at radius 2 is 1.72 bits per heavy atom. The molecule has 200 valence electrons. The highest BCUT2D eigenvalue weighted by atomic mass is 19.2. The number of halogens is 2. The predicted octanol–water partition coefficient (Wildman–Crippen LogP) is 4.98. The minimum Gasteiger partial charge on any atom is -0.477 e. The van der Waals surface area contributed by atoms with Gasteiger partial charge in [-0.05, 0) is 32.9 Å². The second-order valence-electron chi connectivity index (χ2n) is 10.1. The van der Waals surface area contributed by atoms with E-state index in [-0.39, 0.29) is 38.7 Å². The van der Waals surface area contributed by atoms with Gasteiger partial charge in [-0.2, -0.15) is 0 Å². The summed E-state index contributed by atoms with van der Waals surface area (Å²) in [5.41, 5.74) is -0.386. The molecule has 2 N–H and O–H groups in total. The lowest BCUT2D eigenvalue weighted by Crippen LogP contribution is -2.34. The lowest BCUT2D eigenvalue weighted by atomic mass is 10.0. The fraction of sp³-hybridized carbons (Fsp3) is 0.222. The summed E-state index contributed by atoms with van der Waals surface area (Å²) in [7, 11) is 2.96. The molecule has 0 aliphatic heterocycles. The smallest absolute Gasteiger partial charge is 0.414 e. The van der Waals surface area contributed by atoms with Gasteiger partial charge in [0.25, 0.3) is 0 Å². The van der Waals surface area contributed by atoms with Gasteiger partial charge in [0.05, 0.1) is 16.6 Å². The SMILES string of the molecule is CN(C(=O)OC(C)(C)C)c1cc(F)c(F)c2c1[nH]c1ncc(-c3cnc4c(c3)c(=O)c(C(=O)O)cn4C)cc12. The molecule has 0 spiro atoms. The number of nitrogens with one attached hydrogen (secondary N) is 1. The third-order valence-corrected chi connectivity index (χ3v) is 6.20. The second-order valence-corrected chi connectivity index (χ2v) is 10.1. The number of anilines is 1. The number of hydrogen-bond acceptors (Lipinski definition) is 6. The average molecular weight is 536 g/mol. The van der Waals surface area contributed by atoms with Crippen molar-refractivity contribution in [1.29, 1.82) is 0 Å². The van der Waals surface area contributed by atoms with Crippen LogP contribution in [0.4, 0.5) is 19.3 Å². The zero-order valence-corrected chi connectivity index (χ0v) is 21.6. The summed E-state index contributed by atoms with van der Waals surface area (Å²) >= 11 is 0. The fourth-order valence-corrected chi connectivity index (χ4v) is 4.39. The Kier molecular flexibility index (Phi) is 5.85. The van der Waals surface area contributed by atoms with E-state index in [0.29, 0.717) is 11.1 Å². The van der Waals surface area contributed by atoms with Crippen LogP contribution in [0.3, 0.4) is 0 Å². The molecule has 0 fully saturated rings. The van der Waals surface area contributed by atoms with E-state index in [1.165, 1.54) is 36.3 Å². The molecule has 10 nitrogen and oxygen atoms in total. The number of carboxylic acid groups (broad SMARTS) is 1. The fourth-order valence-electron chi connectivity index (χ4n) is 4.39. The Labute approximate surface area is 219 Å². The first-order chi connectivity index (χ1) is 18.3. The van der Waals surface area contributed by atoms with Gasteiger partial charge in [-0.25, -0.2) is 28.3 Å². The number of carbonyl (C=O) groups is 2. The topological polar surface area (TPSA) is 130 Å². The third kappa shape index (κ3) is 4.33. The lowest BCUT2D eigenvalue weighted by molar-refractivity contribution is 0.0588. The highest BCUT2D eigenvalue weighted by Crippen LogP contribution is 2.37. The predicted molar refractivity (Wildman–Crippen MR) is 141 cm³/mol. The van der Waals surface area contributed by atoms with Crippen molar-refractivity contribution < 1.29 is 28.2 Å². The van der Waals surface area contributed by atoms with Crippen molar-refractivity contribution in [2.24, 2.45) is 7.05 Å². The second kappa shape index (κ2) is 8.86. The number of aromatic amines is 1. The summed E-state index contributed by atoms with van der Waals surface area (Å²) in [5.74, 6) is -3.67. The molecule has 5 aromatic rings. The standard InChI is InChI=1S/C27H23F2N5O5/c1-27(2,3)39-26(38)34(5)18-8-17(28)20(29)19-14-6-12(9-30-23(14)32-21(18)19)13-7-15-22(35)16(25(36)37)11-33(4)24(15)31-10-13/h6-11H,1-5H3,(H,30,32)(H,36,37). The van der Waals surface area contributed by atoms with Crippen LogP contribution >= 0.6 is 0 Å². The number of carboxylic acids is 1. The molecule has 0 aliphatic rings. The van der Waals surface area contributed by atoms with Gasteiger partial charge in [-0.3, -0.25) is 9.69 Å². The van der Waals surface area contributed by atoms with Crippen molar-refractivity contribution in [3.8, 4) is 11.1 Å². The minimum absolute atomic E-state index is 0.0507. The first-order valence-electron chi connectivity index (χ1n) is 11.8. The van der Waals surface area contributed by atoms with Crippen molar-refractivity contribution >= 4 is 50.7 Å². The summed E-state index contributed by atoms with van der Waals surface area (Å²) in [6, 6.07) is 3.93. The van der Waals surface area contributed by atoms with Crippen molar-refractivity contribution in [1.82, 2.24) is 19.5 Å². The van der Waals surface area contributed by atoms with E-state index in [1.54, 1.807) is 33.9 Å². The Morgan fingerprint density at radius 3 is 2.36 bits per heavy atom.